The molecule has 0 atom stereocenters. The van der Waals surface area contributed by atoms with Crippen molar-refractivity contribution in [2.45, 2.75) is 0 Å². The van der Waals surface area contributed by atoms with Gasteiger partial charge in [-0.25, -0.2) is 0 Å². The number of diazo groups is 1. The van der Waals surface area contributed by atoms with Crippen molar-refractivity contribution in [3.8, 4) is 0 Å². The van der Waals surface area contributed by atoms with E-state index in [2.05, 4.69) is 9.96 Å². The van der Waals surface area contributed by atoms with Crippen LogP contribution >= 0.6 is 0 Å². The van der Waals surface area contributed by atoms with Crippen LogP contribution in [0.5, 0.6) is 0 Å². The highest BCUT2D eigenvalue weighted by Crippen LogP contribution is 2.23. The summed E-state index contributed by atoms with van der Waals surface area (Å²) in [7, 11) is 0. The Morgan fingerprint density at radius 3 is 2.83 bits per heavy atom. The van der Waals surface area contributed by atoms with Gasteiger partial charge in [0.25, 0.3) is 0 Å². The second-order valence-electron chi connectivity index (χ2n) is 2.48. The predicted molar refractivity (Wildman–Crippen MR) is 46.5 cm³/mol. The number of benzene rings is 1. The van der Waals surface area contributed by atoms with Crippen LogP contribution in [0.3, 0.4) is 0 Å². The molecule has 0 unspecified atom stereocenters. The summed E-state index contributed by atoms with van der Waals surface area (Å²) >= 11 is 0. The van der Waals surface area contributed by atoms with Gasteiger partial charge in [-0.1, -0.05) is 18.2 Å². The molecule has 2 rings (SSSR count). The summed E-state index contributed by atoms with van der Waals surface area (Å²) < 4.78 is 0. The molecule has 0 radical (unpaired) electrons. The monoisotopic (exact) mass is 156 g/mol. The molecular weight excluding hydrogens is 150 g/mol. The van der Waals surface area contributed by atoms with Crippen molar-refractivity contribution in [3.63, 3.8) is 0 Å². The fraction of sp³-hybridized carbons (Fsp3) is 0. The van der Waals surface area contributed by atoms with Crippen molar-refractivity contribution in [1.29, 1.82) is 5.39 Å². The topological polar surface area (TPSA) is 41.0 Å². The quantitative estimate of drug-likeness (QED) is 0.550. The van der Waals surface area contributed by atoms with Crippen molar-refractivity contribution in [3.05, 3.63) is 41.6 Å². The van der Waals surface area contributed by atoms with Gasteiger partial charge in [0.1, 0.15) is 6.20 Å². The smallest absolute Gasteiger partial charge is 0.256 e. The van der Waals surface area contributed by atoms with Gasteiger partial charge in [0.05, 0.1) is 5.39 Å². The maximum absolute atomic E-state index is 8.62. The third-order valence-corrected chi connectivity index (χ3v) is 1.75. The first-order chi connectivity index (χ1) is 5.92. The summed E-state index contributed by atoms with van der Waals surface area (Å²) in [5.74, 6) is 0. The van der Waals surface area contributed by atoms with Gasteiger partial charge < -0.3 is 0 Å². The number of aromatic nitrogens is 1. The molecule has 0 aliphatic carbocycles. The Balaban J connectivity index is 2.91. The van der Waals surface area contributed by atoms with E-state index in [1.165, 1.54) is 6.20 Å². The van der Waals surface area contributed by atoms with Crippen molar-refractivity contribution in [2.24, 2.45) is 0 Å². The summed E-state index contributed by atoms with van der Waals surface area (Å²) in [6.45, 7) is 0. The maximum atomic E-state index is 8.62. The Kier molecular flexibility index (Phi) is 1.45. The first-order valence-corrected chi connectivity index (χ1v) is 3.59. The highest BCUT2D eigenvalue weighted by molar-refractivity contribution is 5.92. The number of pyridine rings is 1. The van der Waals surface area contributed by atoms with E-state index in [0.29, 0.717) is 5.69 Å². The number of hydrogen-bond acceptors (Lipinski definition) is 2. The molecule has 1 aromatic heterocycles. The Labute approximate surface area is 69.3 Å². The molecule has 0 aliphatic rings. The Morgan fingerprint density at radius 2 is 2.00 bits per heavy atom. The fourth-order valence-electron chi connectivity index (χ4n) is 1.18. The van der Waals surface area contributed by atoms with Gasteiger partial charge in [-0.15, -0.1) is 0 Å². The van der Waals surface area contributed by atoms with E-state index in [1.54, 1.807) is 6.20 Å². The van der Waals surface area contributed by atoms with Gasteiger partial charge in [0.15, 0.2) is 4.98 Å². The maximum Gasteiger partial charge on any atom is 0.410 e. The van der Waals surface area contributed by atoms with E-state index >= 15 is 0 Å². The van der Waals surface area contributed by atoms with E-state index < -0.39 is 0 Å². The van der Waals surface area contributed by atoms with Crippen LogP contribution in [-0.2, 0) is 0 Å². The number of fused-ring (bicyclic) bond motifs is 1. The number of nitrogens with zero attached hydrogens (tertiary/aromatic N) is 3. The fourth-order valence-corrected chi connectivity index (χ4v) is 1.18. The lowest BCUT2D eigenvalue weighted by molar-refractivity contribution is 1.35. The van der Waals surface area contributed by atoms with Gasteiger partial charge >= 0.3 is 5.69 Å². The first kappa shape index (κ1) is 6.74. The summed E-state index contributed by atoms with van der Waals surface area (Å²) in [5.41, 5.74) is 0.508. The van der Waals surface area contributed by atoms with Crippen molar-refractivity contribution >= 4 is 16.5 Å². The van der Waals surface area contributed by atoms with Crippen LogP contribution in [0.4, 0.5) is 5.69 Å². The van der Waals surface area contributed by atoms with Crippen LogP contribution in [0, 0.1) is 5.39 Å². The molecule has 12 heavy (non-hydrogen) atoms. The number of rotatable bonds is 0. The van der Waals surface area contributed by atoms with E-state index in [9.17, 15) is 0 Å². The molecular formula is C9H6N3+. The van der Waals surface area contributed by atoms with Crippen molar-refractivity contribution in [2.75, 3.05) is 0 Å². The molecule has 0 bridgehead atoms. The second kappa shape index (κ2) is 2.59. The lowest BCUT2D eigenvalue weighted by Gasteiger charge is -1.89. The lowest BCUT2D eigenvalue weighted by Crippen LogP contribution is -1.74. The highest BCUT2D eigenvalue weighted by Gasteiger charge is 2.09. The van der Waals surface area contributed by atoms with Crippen LogP contribution in [0.2, 0.25) is 0 Å². The summed E-state index contributed by atoms with van der Waals surface area (Å²) in [5, 5.41) is 10.5. The largest absolute Gasteiger partial charge is 0.410 e. The van der Waals surface area contributed by atoms with Gasteiger partial charge in [0.2, 0.25) is 5.39 Å². The number of hydrogen-bond donors (Lipinski definition) is 0. The van der Waals surface area contributed by atoms with E-state index in [4.69, 9.17) is 5.39 Å². The Bertz CT molecular complexity index is 451. The third kappa shape index (κ3) is 0.903. The molecule has 0 aliphatic heterocycles. The van der Waals surface area contributed by atoms with Crippen LogP contribution in [0.1, 0.15) is 0 Å². The zero-order valence-corrected chi connectivity index (χ0v) is 6.31. The Hall–Kier alpha value is -1.95. The van der Waals surface area contributed by atoms with E-state index in [1.807, 2.05) is 24.3 Å². The highest BCUT2D eigenvalue weighted by atomic mass is 14.9. The zero-order valence-electron chi connectivity index (χ0n) is 6.31. The average Bonchev–Trinajstić information content (AvgIpc) is 2.17. The normalized spacial score (nSPS) is 9.58. The molecule has 56 valence electrons. The van der Waals surface area contributed by atoms with Crippen LogP contribution in [0.15, 0.2) is 36.7 Å². The SMILES string of the molecule is N#[N+]c1cncc2ccccc12. The summed E-state index contributed by atoms with van der Waals surface area (Å²) in [4.78, 5) is 7.07. The van der Waals surface area contributed by atoms with Crippen LogP contribution in [0.25, 0.3) is 15.7 Å². The molecule has 3 heteroatoms. The van der Waals surface area contributed by atoms with E-state index in [0.717, 1.165) is 10.8 Å². The third-order valence-electron chi connectivity index (χ3n) is 1.75. The molecule has 0 fully saturated rings. The van der Waals surface area contributed by atoms with Gasteiger partial charge in [-0.05, 0) is 6.07 Å². The predicted octanol–water partition coefficient (Wildman–Crippen LogP) is 2.72. The average molecular weight is 156 g/mol. The Morgan fingerprint density at radius 1 is 1.17 bits per heavy atom. The first-order valence-electron chi connectivity index (χ1n) is 3.59. The standard InChI is InChI=1S/C9H6N3/c10-12-9-6-11-5-7-3-1-2-4-8(7)9/h1-6H/q+1. The van der Waals surface area contributed by atoms with E-state index in [-0.39, 0.29) is 0 Å². The van der Waals surface area contributed by atoms with Crippen LogP contribution in [-0.4, -0.2) is 4.98 Å². The second-order valence-corrected chi connectivity index (χ2v) is 2.48. The molecule has 0 spiro atoms. The molecule has 0 amide bonds. The van der Waals surface area contributed by atoms with Gasteiger partial charge in [-0.2, -0.15) is 0 Å². The molecule has 1 heterocycles. The van der Waals surface area contributed by atoms with Gasteiger partial charge in [-0.3, -0.25) is 4.98 Å². The molecule has 0 saturated carbocycles. The van der Waals surface area contributed by atoms with Gasteiger partial charge in [0, 0.05) is 11.6 Å². The molecule has 1 aromatic carbocycles. The molecule has 3 nitrogen and oxygen atoms in total. The van der Waals surface area contributed by atoms with Crippen molar-refractivity contribution in [1.82, 2.24) is 4.98 Å². The molecule has 2 aromatic rings. The minimum atomic E-state index is 0.508. The zero-order chi connectivity index (χ0) is 8.39. The molecule has 0 N–H and O–H groups in total. The summed E-state index contributed by atoms with van der Waals surface area (Å²) in [6.07, 6.45) is 3.27. The lowest BCUT2D eigenvalue weighted by atomic mass is 10.1. The minimum Gasteiger partial charge on any atom is -0.256 e. The summed E-state index contributed by atoms with van der Waals surface area (Å²) in [6, 6.07) is 7.64. The van der Waals surface area contributed by atoms with Crippen molar-refractivity contribution < 1.29 is 0 Å². The minimum absolute atomic E-state index is 0.508. The molecule has 0 saturated heterocycles. The van der Waals surface area contributed by atoms with Crippen LogP contribution < -0.4 is 0 Å².